The topological polar surface area (TPSA) is 81.9 Å². The van der Waals surface area contributed by atoms with E-state index in [0.717, 1.165) is 5.57 Å². The van der Waals surface area contributed by atoms with Crippen LogP contribution in [0, 0.1) is 15.9 Å². The van der Waals surface area contributed by atoms with E-state index in [0.29, 0.717) is 19.4 Å². The number of carbonyl (C=O) groups excluding carboxylic acids is 1. The molecule has 1 amide bonds. The fraction of sp³-hybridized carbons (Fsp3) is 0.500. The Balaban J connectivity index is 2.33. The van der Waals surface area contributed by atoms with Gasteiger partial charge >= 0.3 is 11.8 Å². The van der Waals surface area contributed by atoms with Gasteiger partial charge in [0.15, 0.2) is 0 Å². The van der Waals surface area contributed by atoms with Crippen LogP contribution in [0.1, 0.15) is 39.2 Å². The molecule has 148 valence electrons. The van der Waals surface area contributed by atoms with Crippen LogP contribution in [0.15, 0.2) is 11.6 Å². The van der Waals surface area contributed by atoms with Gasteiger partial charge in [-0.05, 0) is 45.3 Å². The van der Waals surface area contributed by atoms with Crippen molar-refractivity contribution >= 4 is 29.5 Å². The van der Waals surface area contributed by atoms with Crippen LogP contribution in [0.3, 0.4) is 0 Å². The Labute approximate surface area is 161 Å². The summed E-state index contributed by atoms with van der Waals surface area (Å²) in [7, 11) is 1.19. The third-order valence-corrected chi connectivity index (χ3v) is 4.17. The van der Waals surface area contributed by atoms with Gasteiger partial charge in [-0.15, -0.1) is 0 Å². The molecule has 0 atom stereocenters. The molecule has 1 heterocycles. The molecule has 0 aliphatic carbocycles. The largest absolute Gasteiger partial charge is 0.489 e. The zero-order chi connectivity index (χ0) is 20.4. The van der Waals surface area contributed by atoms with Crippen LogP contribution in [0.25, 0.3) is 6.08 Å². The van der Waals surface area contributed by atoms with Crippen molar-refractivity contribution in [2.24, 2.45) is 0 Å². The maximum Gasteiger partial charge on any atom is 0.410 e. The van der Waals surface area contributed by atoms with Crippen LogP contribution < -0.4 is 4.74 Å². The quantitative estimate of drug-likeness (QED) is 0.537. The van der Waals surface area contributed by atoms with Gasteiger partial charge in [0.25, 0.3) is 0 Å². The summed E-state index contributed by atoms with van der Waals surface area (Å²) in [6.07, 6.45) is 2.35. The average molecular weight is 401 g/mol. The van der Waals surface area contributed by atoms with E-state index < -0.39 is 28.1 Å². The van der Waals surface area contributed by atoms with E-state index >= 15 is 0 Å². The normalized spacial score (nSPS) is 16.4. The lowest BCUT2D eigenvalue weighted by Gasteiger charge is -2.31. The number of ether oxygens (including phenoxy) is 2. The molecule has 0 radical (unpaired) electrons. The van der Waals surface area contributed by atoms with Crippen molar-refractivity contribution in [1.29, 1.82) is 0 Å². The fourth-order valence-corrected chi connectivity index (χ4v) is 3.08. The molecule has 0 bridgehead atoms. The van der Waals surface area contributed by atoms with Crippen LogP contribution in [-0.2, 0) is 4.74 Å². The molecule has 0 spiro atoms. The fourth-order valence-electron chi connectivity index (χ4n) is 2.80. The Hall–Kier alpha value is -2.35. The predicted molar refractivity (Wildman–Crippen MR) is 99.6 cm³/mol. The summed E-state index contributed by atoms with van der Waals surface area (Å²) < 4.78 is 24.9. The van der Waals surface area contributed by atoms with Crippen molar-refractivity contribution < 1.29 is 23.6 Å². The van der Waals surface area contributed by atoms with Gasteiger partial charge in [0.1, 0.15) is 5.60 Å². The third kappa shape index (κ3) is 5.09. The molecule has 0 N–H and O–H groups in total. The highest BCUT2D eigenvalue weighted by Gasteiger charge is 2.29. The number of hydrogen-bond donors (Lipinski definition) is 0. The number of nitrogens with zero attached hydrogens (tertiary/aromatic N) is 2. The standard InChI is InChI=1S/C18H22ClFN2O5/c1-18(2,3)27-17(23)21-7-5-6-11(10-21)8-12-9-13(19)16(26-4)15(14(12)20)22(24)25/h8-9H,5-7,10H2,1-4H3/b11-8+. The minimum absolute atomic E-state index is 0.0199. The molecule has 1 aromatic rings. The molecule has 1 aliphatic rings. The smallest absolute Gasteiger partial charge is 0.410 e. The summed E-state index contributed by atoms with van der Waals surface area (Å²) >= 11 is 6.01. The predicted octanol–water partition coefficient (Wildman–Crippen LogP) is 4.81. The zero-order valence-corrected chi connectivity index (χ0v) is 16.4. The molecule has 1 aliphatic heterocycles. The Morgan fingerprint density at radius 2 is 2.11 bits per heavy atom. The zero-order valence-electron chi connectivity index (χ0n) is 15.7. The highest BCUT2D eigenvalue weighted by Crippen LogP contribution is 2.39. The van der Waals surface area contributed by atoms with Gasteiger partial charge in [0.2, 0.25) is 11.6 Å². The van der Waals surface area contributed by atoms with E-state index in [1.54, 1.807) is 20.8 Å². The number of carbonyl (C=O) groups is 1. The Bertz CT molecular complexity index is 789. The van der Waals surface area contributed by atoms with E-state index in [1.807, 2.05) is 0 Å². The van der Waals surface area contributed by atoms with Crippen molar-refractivity contribution in [2.45, 2.75) is 39.2 Å². The van der Waals surface area contributed by atoms with Crippen molar-refractivity contribution in [1.82, 2.24) is 4.90 Å². The number of methoxy groups -OCH3 is 1. The van der Waals surface area contributed by atoms with Gasteiger partial charge in [0.05, 0.1) is 17.1 Å². The lowest BCUT2D eigenvalue weighted by molar-refractivity contribution is -0.388. The van der Waals surface area contributed by atoms with Crippen LogP contribution in [0.2, 0.25) is 5.02 Å². The first-order chi connectivity index (χ1) is 12.5. The second-order valence-electron chi connectivity index (χ2n) is 7.21. The molecule has 0 unspecified atom stereocenters. The summed E-state index contributed by atoms with van der Waals surface area (Å²) in [6, 6.07) is 1.28. The molecule has 9 heteroatoms. The van der Waals surface area contributed by atoms with Crippen molar-refractivity contribution in [3.8, 4) is 5.75 Å². The summed E-state index contributed by atoms with van der Waals surface area (Å²) in [4.78, 5) is 24.1. The van der Waals surface area contributed by atoms with E-state index in [1.165, 1.54) is 24.2 Å². The molecule has 7 nitrogen and oxygen atoms in total. The average Bonchev–Trinajstić information content (AvgIpc) is 2.56. The summed E-state index contributed by atoms with van der Waals surface area (Å²) in [5.74, 6) is -1.34. The number of piperidine rings is 1. The second-order valence-corrected chi connectivity index (χ2v) is 7.62. The Morgan fingerprint density at radius 1 is 1.44 bits per heavy atom. The number of nitro groups is 1. The maximum atomic E-state index is 14.7. The van der Waals surface area contributed by atoms with Crippen molar-refractivity contribution in [2.75, 3.05) is 20.2 Å². The van der Waals surface area contributed by atoms with Gasteiger partial charge in [-0.2, -0.15) is 4.39 Å². The molecule has 1 saturated heterocycles. The monoisotopic (exact) mass is 400 g/mol. The van der Waals surface area contributed by atoms with Gasteiger partial charge in [-0.1, -0.05) is 17.7 Å². The summed E-state index contributed by atoms with van der Waals surface area (Å²) in [6.45, 7) is 6.11. The number of benzene rings is 1. The van der Waals surface area contributed by atoms with E-state index in [9.17, 15) is 19.3 Å². The number of hydrogen-bond acceptors (Lipinski definition) is 5. The maximum absolute atomic E-state index is 14.7. The molecular formula is C18H22ClFN2O5. The third-order valence-electron chi connectivity index (χ3n) is 3.89. The summed E-state index contributed by atoms with van der Waals surface area (Å²) in [5, 5.41) is 11.2. The van der Waals surface area contributed by atoms with Crippen LogP contribution in [-0.4, -0.2) is 41.7 Å². The van der Waals surface area contributed by atoms with Crippen LogP contribution >= 0.6 is 11.6 Å². The van der Waals surface area contributed by atoms with Crippen LogP contribution in [0.5, 0.6) is 5.75 Å². The van der Waals surface area contributed by atoms with Crippen molar-refractivity contribution in [3.05, 3.63) is 38.2 Å². The minimum Gasteiger partial charge on any atom is -0.489 e. The molecule has 27 heavy (non-hydrogen) atoms. The first-order valence-electron chi connectivity index (χ1n) is 8.41. The molecule has 0 aromatic heterocycles. The summed E-state index contributed by atoms with van der Waals surface area (Å²) in [5.41, 5.74) is -0.694. The number of rotatable bonds is 3. The number of halogens is 2. The van der Waals surface area contributed by atoms with Crippen LogP contribution in [0.4, 0.5) is 14.9 Å². The molecular weight excluding hydrogens is 379 g/mol. The number of amides is 1. The lowest BCUT2D eigenvalue weighted by Crippen LogP contribution is -2.40. The van der Waals surface area contributed by atoms with E-state index in [2.05, 4.69) is 0 Å². The van der Waals surface area contributed by atoms with E-state index in [-0.39, 0.29) is 22.9 Å². The van der Waals surface area contributed by atoms with Gasteiger partial charge < -0.3 is 14.4 Å². The molecule has 1 aromatic carbocycles. The Morgan fingerprint density at radius 3 is 2.67 bits per heavy atom. The second kappa shape index (κ2) is 8.12. The first-order valence-corrected chi connectivity index (χ1v) is 8.79. The number of nitro benzene ring substituents is 1. The molecule has 2 rings (SSSR count). The van der Waals surface area contributed by atoms with Gasteiger partial charge in [-0.3, -0.25) is 10.1 Å². The first kappa shape index (κ1) is 21.0. The van der Waals surface area contributed by atoms with Gasteiger partial charge in [0, 0.05) is 18.7 Å². The lowest BCUT2D eigenvalue weighted by atomic mass is 10.0. The highest BCUT2D eigenvalue weighted by molar-refractivity contribution is 6.32. The SMILES string of the molecule is COc1c(Cl)cc(/C=C2\CCCN(C(=O)OC(C)(C)C)C2)c(F)c1[N+](=O)[O-]. The van der Waals surface area contributed by atoms with Gasteiger partial charge in [-0.25, -0.2) is 4.79 Å². The van der Waals surface area contributed by atoms with E-state index in [4.69, 9.17) is 21.1 Å². The molecule has 1 fully saturated rings. The highest BCUT2D eigenvalue weighted by atomic mass is 35.5. The number of likely N-dealkylation sites (tertiary alicyclic amines) is 1. The Kier molecular flexibility index (Phi) is 6.30. The van der Waals surface area contributed by atoms with Crippen molar-refractivity contribution in [3.63, 3.8) is 0 Å². The molecule has 0 saturated carbocycles. The minimum atomic E-state index is -1.02.